The quantitative estimate of drug-likeness (QED) is 0.418. The Hall–Kier alpha value is -2.34. The summed E-state index contributed by atoms with van der Waals surface area (Å²) < 4.78 is 0. The van der Waals surface area contributed by atoms with Gasteiger partial charge in [-0.1, -0.05) is 141 Å². The molecule has 0 aliphatic rings. The molecule has 0 fully saturated rings. The second kappa shape index (κ2) is 13.8. The maximum absolute atomic E-state index is 2.29. The van der Waals surface area contributed by atoms with Gasteiger partial charge < -0.3 is 0 Å². The number of hydrogen-bond acceptors (Lipinski definition) is 0. The van der Waals surface area contributed by atoms with Crippen LogP contribution in [0.25, 0.3) is 22.3 Å². The van der Waals surface area contributed by atoms with E-state index in [2.05, 4.69) is 99.6 Å². The zero-order valence-electron chi connectivity index (χ0n) is 19.5. The Kier molecular flexibility index (Phi) is 12.6. The Morgan fingerprint density at radius 3 is 1.04 bits per heavy atom. The second-order valence-corrected chi connectivity index (χ2v) is 6.71. The molecule has 0 saturated carbocycles. The van der Waals surface area contributed by atoms with Crippen molar-refractivity contribution in [1.82, 2.24) is 0 Å². The third-order valence-corrected chi connectivity index (χ3v) is 3.98. The Bertz CT molecular complexity index is 689. The van der Waals surface area contributed by atoms with Gasteiger partial charge in [-0.05, 0) is 33.2 Å². The highest BCUT2D eigenvalue weighted by atomic mass is 14.3. The zero-order valence-corrected chi connectivity index (χ0v) is 19.5. The molecule has 0 heterocycles. The Balaban J connectivity index is 0.00000111. The minimum absolute atomic E-state index is 0.0810. The van der Waals surface area contributed by atoms with Gasteiger partial charge in [-0.3, -0.25) is 0 Å². The minimum Gasteiger partial charge on any atom is -0.0683 e. The SMILES string of the molecule is CC.CC.CC.CC(C)(C)c1c(-c2ccccc2)cccc1-c1ccccc1. The average molecular weight is 377 g/mol. The van der Waals surface area contributed by atoms with Crippen molar-refractivity contribution in [3.05, 3.63) is 84.4 Å². The molecule has 0 aromatic heterocycles. The topological polar surface area (TPSA) is 0 Å². The van der Waals surface area contributed by atoms with E-state index in [4.69, 9.17) is 0 Å². The summed E-state index contributed by atoms with van der Waals surface area (Å²) in [6.45, 7) is 18.9. The Morgan fingerprint density at radius 1 is 0.429 bits per heavy atom. The standard InChI is InChI=1S/C22H22.3C2H6/c1-22(2,3)21-19(17-11-6-4-7-12-17)15-10-16-20(21)18-13-8-5-9-14-18;3*1-2/h4-16H,1-3H3;3*1-2H3. The summed E-state index contributed by atoms with van der Waals surface area (Å²) in [6, 6.07) is 28.0. The van der Waals surface area contributed by atoms with Crippen LogP contribution in [0.1, 0.15) is 67.9 Å². The highest BCUT2D eigenvalue weighted by Gasteiger charge is 2.22. The lowest BCUT2D eigenvalue weighted by Gasteiger charge is -2.27. The van der Waals surface area contributed by atoms with Crippen LogP contribution in [0.2, 0.25) is 0 Å². The monoisotopic (exact) mass is 376 g/mol. The third kappa shape index (κ3) is 7.00. The highest BCUT2D eigenvalue weighted by molar-refractivity contribution is 5.80. The van der Waals surface area contributed by atoms with E-state index in [1.165, 1.54) is 27.8 Å². The third-order valence-electron chi connectivity index (χ3n) is 3.98. The molecular formula is C28H40. The molecule has 0 saturated heterocycles. The average Bonchev–Trinajstić information content (AvgIpc) is 2.78. The second-order valence-electron chi connectivity index (χ2n) is 6.71. The minimum atomic E-state index is 0.0810. The first-order chi connectivity index (χ1) is 13.6. The molecule has 0 bridgehead atoms. The van der Waals surface area contributed by atoms with Gasteiger partial charge in [-0.25, -0.2) is 0 Å². The van der Waals surface area contributed by atoms with E-state index >= 15 is 0 Å². The maximum Gasteiger partial charge on any atom is -0.0120 e. The molecule has 3 rings (SSSR count). The predicted octanol–water partition coefficient (Wildman–Crippen LogP) is 9.40. The predicted molar refractivity (Wildman–Crippen MR) is 130 cm³/mol. The van der Waals surface area contributed by atoms with Crippen molar-refractivity contribution in [2.45, 2.75) is 67.7 Å². The van der Waals surface area contributed by atoms with Gasteiger partial charge in [0.2, 0.25) is 0 Å². The van der Waals surface area contributed by atoms with Crippen LogP contribution in [0.3, 0.4) is 0 Å². The molecule has 0 heteroatoms. The summed E-state index contributed by atoms with van der Waals surface area (Å²) >= 11 is 0. The van der Waals surface area contributed by atoms with Gasteiger partial charge in [0.25, 0.3) is 0 Å². The summed E-state index contributed by atoms with van der Waals surface area (Å²) in [5, 5.41) is 0. The first-order valence-electron chi connectivity index (χ1n) is 10.8. The fraction of sp³-hybridized carbons (Fsp3) is 0.357. The van der Waals surface area contributed by atoms with Gasteiger partial charge in [-0.2, -0.15) is 0 Å². The van der Waals surface area contributed by atoms with Gasteiger partial charge >= 0.3 is 0 Å². The lowest BCUT2D eigenvalue weighted by molar-refractivity contribution is 0.593. The summed E-state index contributed by atoms with van der Waals surface area (Å²) in [7, 11) is 0. The molecule has 0 radical (unpaired) electrons. The lowest BCUT2D eigenvalue weighted by Crippen LogP contribution is -2.14. The summed E-state index contributed by atoms with van der Waals surface area (Å²) in [4.78, 5) is 0. The van der Waals surface area contributed by atoms with Gasteiger partial charge in [0.15, 0.2) is 0 Å². The zero-order chi connectivity index (χ0) is 21.6. The lowest BCUT2D eigenvalue weighted by atomic mass is 9.77. The first kappa shape index (κ1) is 25.7. The fourth-order valence-corrected chi connectivity index (χ4v) is 3.08. The molecular weight excluding hydrogens is 336 g/mol. The van der Waals surface area contributed by atoms with Crippen molar-refractivity contribution in [2.75, 3.05) is 0 Å². The van der Waals surface area contributed by atoms with Crippen molar-refractivity contribution >= 4 is 0 Å². The summed E-state index contributed by atoms with van der Waals surface area (Å²) in [5.41, 5.74) is 6.71. The molecule has 0 aliphatic carbocycles. The van der Waals surface area contributed by atoms with Crippen LogP contribution < -0.4 is 0 Å². The molecule has 3 aromatic carbocycles. The van der Waals surface area contributed by atoms with Gasteiger partial charge in [0.05, 0.1) is 0 Å². The normalized spacial score (nSPS) is 9.61. The Morgan fingerprint density at radius 2 is 0.750 bits per heavy atom. The van der Waals surface area contributed by atoms with E-state index in [-0.39, 0.29) is 5.41 Å². The fourth-order valence-electron chi connectivity index (χ4n) is 3.08. The highest BCUT2D eigenvalue weighted by Crippen LogP contribution is 2.39. The van der Waals surface area contributed by atoms with Crippen LogP contribution >= 0.6 is 0 Å². The maximum atomic E-state index is 2.29. The van der Waals surface area contributed by atoms with Crippen molar-refractivity contribution in [3.63, 3.8) is 0 Å². The molecule has 3 aromatic rings. The van der Waals surface area contributed by atoms with E-state index in [9.17, 15) is 0 Å². The van der Waals surface area contributed by atoms with Crippen molar-refractivity contribution in [2.24, 2.45) is 0 Å². The number of benzene rings is 3. The molecule has 152 valence electrons. The van der Waals surface area contributed by atoms with E-state index in [1.54, 1.807) is 0 Å². The van der Waals surface area contributed by atoms with Crippen molar-refractivity contribution in [1.29, 1.82) is 0 Å². The molecule has 0 nitrogen and oxygen atoms in total. The first-order valence-corrected chi connectivity index (χ1v) is 10.8. The molecule has 0 aliphatic heterocycles. The van der Waals surface area contributed by atoms with E-state index in [0.29, 0.717) is 0 Å². The van der Waals surface area contributed by atoms with Crippen LogP contribution in [-0.2, 0) is 5.41 Å². The van der Waals surface area contributed by atoms with E-state index in [0.717, 1.165) is 0 Å². The molecule has 0 unspecified atom stereocenters. The number of rotatable bonds is 2. The van der Waals surface area contributed by atoms with Gasteiger partial charge in [-0.15, -0.1) is 0 Å². The van der Waals surface area contributed by atoms with Crippen molar-refractivity contribution in [3.8, 4) is 22.3 Å². The largest absolute Gasteiger partial charge is 0.0683 e. The van der Waals surface area contributed by atoms with E-state index in [1.807, 2.05) is 41.5 Å². The summed E-state index contributed by atoms with van der Waals surface area (Å²) in [5.74, 6) is 0. The van der Waals surface area contributed by atoms with Gasteiger partial charge in [0.1, 0.15) is 0 Å². The molecule has 0 N–H and O–H groups in total. The molecule has 0 atom stereocenters. The van der Waals surface area contributed by atoms with E-state index < -0.39 is 0 Å². The van der Waals surface area contributed by atoms with Crippen LogP contribution in [0.4, 0.5) is 0 Å². The molecule has 0 spiro atoms. The molecule has 0 amide bonds. The van der Waals surface area contributed by atoms with Crippen LogP contribution in [-0.4, -0.2) is 0 Å². The van der Waals surface area contributed by atoms with Gasteiger partial charge in [0, 0.05) is 0 Å². The molecule has 28 heavy (non-hydrogen) atoms. The van der Waals surface area contributed by atoms with Crippen molar-refractivity contribution < 1.29 is 0 Å². The van der Waals surface area contributed by atoms with Crippen LogP contribution in [0, 0.1) is 0 Å². The Labute approximate surface area is 174 Å². The smallest absolute Gasteiger partial charge is 0.0120 e. The number of hydrogen-bond donors (Lipinski definition) is 0. The van der Waals surface area contributed by atoms with Crippen LogP contribution in [0.15, 0.2) is 78.9 Å². The summed E-state index contributed by atoms with van der Waals surface area (Å²) in [6.07, 6.45) is 0. The van der Waals surface area contributed by atoms with Crippen LogP contribution in [0.5, 0.6) is 0 Å².